The first-order valence-electron chi connectivity index (χ1n) is 6.29. The van der Waals surface area contributed by atoms with Gasteiger partial charge in [-0.25, -0.2) is 0 Å². The average molecular weight is 320 g/mol. The monoisotopic (exact) mass is 319 g/mol. The second kappa shape index (κ2) is 7.26. The molecular formula is C16H14ClNO2S. The second-order valence-electron chi connectivity index (χ2n) is 4.47. The zero-order chi connectivity index (χ0) is 15.2. The number of ether oxygens (including phenoxy) is 1. The minimum Gasteiger partial charge on any atom is -0.495 e. The van der Waals surface area contributed by atoms with Crippen molar-refractivity contribution in [1.29, 1.82) is 5.26 Å². The van der Waals surface area contributed by atoms with Gasteiger partial charge in [0.1, 0.15) is 11.8 Å². The molecule has 0 saturated carbocycles. The summed E-state index contributed by atoms with van der Waals surface area (Å²) in [5.74, 6) is 1.30. The van der Waals surface area contributed by atoms with Gasteiger partial charge in [0.15, 0.2) is 0 Å². The van der Waals surface area contributed by atoms with E-state index >= 15 is 0 Å². The molecule has 0 aliphatic rings. The van der Waals surface area contributed by atoms with Crippen LogP contribution in [0.5, 0.6) is 5.75 Å². The van der Waals surface area contributed by atoms with E-state index in [0.29, 0.717) is 27.8 Å². The highest BCUT2D eigenvalue weighted by molar-refractivity contribution is 7.83. The summed E-state index contributed by atoms with van der Waals surface area (Å²) in [6.07, 6.45) is 0. The summed E-state index contributed by atoms with van der Waals surface area (Å²) in [5, 5.41) is 9.68. The maximum atomic E-state index is 12.2. The van der Waals surface area contributed by atoms with Crippen molar-refractivity contribution in [3.63, 3.8) is 0 Å². The Morgan fingerprint density at radius 2 is 2.00 bits per heavy atom. The lowest BCUT2D eigenvalue weighted by molar-refractivity contribution is 0.413. The summed E-state index contributed by atoms with van der Waals surface area (Å²) in [4.78, 5) is 0. The van der Waals surface area contributed by atoms with Crippen molar-refractivity contribution in [2.24, 2.45) is 0 Å². The van der Waals surface area contributed by atoms with E-state index in [1.54, 1.807) is 18.2 Å². The Morgan fingerprint density at radius 1 is 1.24 bits per heavy atom. The van der Waals surface area contributed by atoms with Gasteiger partial charge in [0.05, 0.1) is 18.4 Å². The van der Waals surface area contributed by atoms with Crippen LogP contribution in [-0.4, -0.2) is 11.3 Å². The van der Waals surface area contributed by atoms with Crippen LogP contribution in [-0.2, 0) is 22.3 Å². The first kappa shape index (κ1) is 15.6. The molecule has 2 aromatic rings. The molecule has 0 fully saturated rings. The molecule has 2 aromatic carbocycles. The molecule has 0 N–H and O–H groups in total. The van der Waals surface area contributed by atoms with Gasteiger partial charge in [-0.15, -0.1) is 0 Å². The number of rotatable bonds is 5. The molecule has 2 rings (SSSR count). The Bertz CT molecular complexity index is 710. The van der Waals surface area contributed by atoms with E-state index in [-0.39, 0.29) is 0 Å². The average Bonchev–Trinajstić information content (AvgIpc) is 2.49. The van der Waals surface area contributed by atoms with E-state index in [1.165, 1.54) is 7.11 Å². The molecular weight excluding hydrogens is 306 g/mol. The molecule has 0 bridgehead atoms. The Morgan fingerprint density at radius 3 is 2.67 bits per heavy atom. The minimum absolute atomic E-state index is 0.379. The largest absolute Gasteiger partial charge is 0.495 e. The van der Waals surface area contributed by atoms with E-state index < -0.39 is 10.8 Å². The van der Waals surface area contributed by atoms with E-state index in [4.69, 9.17) is 21.6 Å². The molecule has 3 nitrogen and oxygen atoms in total. The second-order valence-corrected chi connectivity index (χ2v) is 6.33. The highest BCUT2D eigenvalue weighted by atomic mass is 35.5. The lowest BCUT2D eigenvalue weighted by Crippen LogP contribution is -2.01. The third-order valence-electron chi connectivity index (χ3n) is 2.99. The van der Waals surface area contributed by atoms with Gasteiger partial charge in [-0.3, -0.25) is 4.21 Å². The predicted octanol–water partition coefficient (Wildman–Crippen LogP) is 3.67. The van der Waals surface area contributed by atoms with Gasteiger partial charge >= 0.3 is 0 Å². The first-order chi connectivity index (χ1) is 10.1. The smallest absolute Gasteiger partial charge is 0.136 e. The van der Waals surface area contributed by atoms with Crippen LogP contribution in [0.2, 0.25) is 5.02 Å². The minimum atomic E-state index is -1.09. The Hall–Kier alpha value is -1.83. The van der Waals surface area contributed by atoms with Crippen LogP contribution in [0.25, 0.3) is 0 Å². The van der Waals surface area contributed by atoms with Gasteiger partial charge in [-0.05, 0) is 29.3 Å². The maximum Gasteiger partial charge on any atom is 0.136 e. The molecule has 0 aliphatic carbocycles. The van der Waals surface area contributed by atoms with Gasteiger partial charge in [0.2, 0.25) is 0 Å². The van der Waals surface area contributed by atoms with Crippen molar-refractivity contribution in [2.75, 3.05) is 7.11 Å². The summed E-state index contributed by atoms with van der Waals surface area (Å²) in [6, 6.07) is 14.7. The summed E-state index contributed by atoms with van der Waals surface area (Å²) in [5.41, 5.74) is 2.16. The zero-order valence-electron chi connectivity index (χ0n) is 11.5. The highest BCUT2D eigenvalue weighted by Gasteiger charge is 2.09. The fourth-order valence-corrected chi connectivity index (χ4v) is 3.49. The molecule has 5 heteroatoms. The quantitative estimate of drug-likeness (QED) is 0.845. The molecule has 0 saturated heterocycles. The van der Waals surface area contributed by atoms with Crippen molar-refractivity contribution < 1.29 is 8.95 Å². The topological polar surface area (TPSA) is 50.1 Å². The molecule has 1 atom stereocenters. The summed E-state index contributed by atoms with van der Waals surface area (Å²) < 4.78 is 17.3. The number of halogens is 1. The number of methoxy groups -OCH3 is 1. The Labute approximate surface area is 131 Å². The van der Waals surface area contributed by atoms with E-state index in [9.17, 15) is 4.21 Å². The Balaban J connectivity index is 2.10. The normalized spacial score (nSPS) is 11.7. The number of hydrogen-bond acceptors (Lipinski definition) is 3. The SMILES string of the molecule is COc1ccc(C[S@](=O)Cc2ccccc2Cl)cc1C#N. The van der Waals surface area contributed by atoms with E-state index in [2.05, 4.69) is 6.07 Å². The van der Waals surface area contributed by atoms with Crippen molar-refractivity contribution in [3.8, 4) is 11.8 Å². The van der Waals surface area contributed by atoms with Gasteiger partial charge in [-0.1, -0.05) is 35.9 Å². The van der Waals surface area contributed by atoms with Crippen molar-refractivity contribution in [1.82, 2.24) is 0 Å². The maximum absolute atomic E-state index is 12.2. The van der Waals surface area contributed by atoms with Crippen molar-refractivity contribution >= 4 is 22.4 Å². The zero-order valence-corrected chi connectivity index (χ0v) is 13.1. The van der Waals surface area contributed by atoms with Gasteiger partial charge in [-0.2, -0.15) is 5.26 Å². The fraction of sp³-hybridized carbons (Fsp3) is 0.188. The fourth-order valence-electron chi connectivity index (χ4n) is 1.96. The van der Waals surface area contributed by atoms with E-state index in [1.807, 2.05) is 24.3 Å². The summed E-state index contributed by atoms with van der Waals surface area (Å²) in [7, 11) is 0.434. The lowest BCUT2D eigenvalue weighted by atomic mass is 10.1. The van der Waals surface area contributed by atoms with E-state index in [0.717, 1.165) is 11.1 Å². The van der Waals surface area contributed by atoms with Crippen molar-refractivity contribution in [3.05, 3.63) is 64.2 Å². The number of nitrogens with zero attached hydrogens (tertiary/aromatic N) is 1. The van der Waals surface area contributed by atoms with Crippen LogP contribution in [0.3, 0.4) is 0 Å². The van der Waals surface area contributed by atoms with Crippen LogP contribution < -0.4 is 4.74 Å². The molecule has 21 heavy (non-hydrogen) atoms. The standard InChI is InChI=1S/C16H14ClNO2S/c1-20-16-7-6-12(8-14(16)9-18)10-21(19)11-13-4-2-3-5-15(13)17/h2-8H,10-11H2,1H3/t21-/m0/s1. The number of benzene rings is 2. The first-order valence-corrected chi connectivity index (χ1v) is 8.16. The van der Waals surface area contributed by atoms with Crippen LogP contribution in [0.4, 0.5) is 0 Å². The summed E-state index contributed by atoms with van der Waals surface area (Å²) in [6.45, 7) is 0. The summed E-state index contributed by atoms with van der Waals surface area (Å²) >= 11 is 6.06. The molecule has 0 amide bonds. The molecule has 0 aliphatic heterocycles. The third kappa shape index (κ3) is 4.07. The van der Waals surface area contributed by atoms with Gasteiger partial charge in [0.25, 0.3) is 0 Å². The molecule has 0 radical (unpaired) electrons. The molecule has 108 valence electrons. The Kier molecular flexibility index (Phi) is 5.38. The molecule has 0 spiro atoms. The highest BCUT2D eigenvalue weighted by Crippen LogP contribution is 2.21. The van der Waals surface area contributed by atoms with Crippen LogP contribution in [0.1, 0.15) is 16.7 Å². The lowest BCUT2D eigenvalue weighted by Gasteiger charge is -2.07. The third-order valence-corrected chi connectivity index (χ3v) is 4.64. The van der Waals surface area contributed by atoms with Gasteiger partial charge < -0.3 is 4.74 Å². The van der Waals surface area contributed by atoms with Crippen LogP contribution in [0.15, 0.2) is 42.5 Å². The van der Waals surface area contributed by atoms with Gasteiger partial charge in [0, 0.05) is 21.6 Å². The predicted molar refractivity (Wildman–Crippen MR) is 84.7 cm³/mol. The number of nitriles is 1. The number of hydrogen-bond donors (Lipinski definition) is 0. The van der Waals surface area contributed by atoms with Crippen LogP contribution in [0, 0.1) is 11.3 Å². The molecule has 0 unspecified atom stereocenters. The van der Waals surface area contributed by atoms with Crippen LogP contribution >= 0.6 is 11.6 Å². The van der Waals surface area contributed by atoms with Crippen molar-refractivity contribution in [2.45, 2.75) is 11.5 Å². The molecule has 0 aromatic heterocycles. The molecule has 0 heterocycles.